The number of ether oxygens (including phenoxy) is 1. The molecule has 2 rings (SSSR count). The molecular formula is C12H13NO4. The van der Waals surface area contributed by atoms with Gasteiger partial charge in [-0.25, -0.2) is 4.79 Å². The number of carboxylic acids is 1. The van der Waals surface area contributed by atoms with Gasteiger partial charge >= 0.3 is 5.97 Å². The lowest BCUT2D eigenvalue weighted by atomic mass is 10.1. The molecule has 0 amide bonds. The van der Waals surface area contributed by atoms with E-state index in [0.717, 1.165) is 13.1 Å². The van der Waals surface area contributed by atoms with Crippen LogP contribution >= 0.6 is 0 Å². The third kappa shape index (κ3) is 2.62. The Morgan fingerprint density at radius 1 is 1.29 bits per heavy atom. The third-order valence-electron chi connectivity index (χ3n) is 2.64. The Bertz CT molecular complexity index is 434. The molecule has 0 bridgehead atoms. The number of hydrogen-bond acceptors (Lipinski definition) is 4. The molecule has 0 radical (unpaired) electrons. The number of ketones is 1. The van der Waals surface area contributed by atoms with Crippen LogP contribution in [0.4, 0.5) is 0 Å². The summed E-state index contributed by atoms with van der Waals surface area (Å²) in [5.74, 6) is -1.69. The van der Waals surface area contributed by atoms with E-state index in [1.807, 2.05) is 7.05 Å². The highest BCUT2D eigenvalue weighted by Gasteiger charge is 2.24. The van der Waals surface area contributed by atoms with E-state index in [4.69, 9.17) is 9.84 Å². The van der Waals surface area contributed by atoms with Gasteiger partial charge in [0.05, 0.1) is 0 Å². The molecule has 1 heterocycles. The highest BCUT2D eigenvalue weighted by Crippen LogP contribution is 2.17. The quantitative estimate of drug-likeness (QED) is 0.613. The molecule has 1 aromatic rings. The second-order valence-corrected chi connectivity index (χ2v) is 4.12. The normalized spacial score (nSPS) is 16.3. The lowest BCUT2D eigenvalue weighted by molar-refractivity contribution is -0.131. The molecule has 0 saturated carbocycles. The minimum atomic E-state index is -1.45. The number of carbonyl (C=O) groups excluding carboxylic acids is 1. The second-order valence-electron chi connectivity index (χ2n) is 4.12. The molecule has 1 saturated heterocycles. The van der Waals surface area contributed by atoms with E-state index in [-0.39, 0.29) is 11.7 Å². The monoisotopic (exact) mass is 235 g/mol. The average molecular weight is 235 g/mol. The number of rotatable bonds is 4. The molecule has 1 fully saturated rings. The Labute approximate surface area is 98.6 Å². The summed E-state index contributed by atoms with van der Waals surface area (Å²) in [6.07, 6.45) is 0.182. The summed E-state index contributed by atoms with van der Waals surface area (Å²) < 4.78 is 5.62. The Morgan fingerprint density at radius 3 is 2.35 bits per heavy atom. The van der Waals surface area contributed by atoms with Crippen molar-refractivity contribution in [1.29, 1.82) is 0 Å². The Morgan fingerprint density at radius 2 is 1.88 bits per heavy atom. The van der Waals surface area contributed by atoms with Gasteiger partial charge in [0.25, 0.3) is 5.78 Å². The molecular weight excluding hydrogens is 222 g/mol. The standard InChI is InChI=1S/C12H13NO4/c1-13-6-10(7-13)17-9-4-2-8(3-5-9)11(14)12(15)16/h2-5,10H,6-7H2,1H3,(H,15,16). The molecule has 0 aromatic heterocycles. The van der Waals surface area contributed by atoms with Gasteiger partial charge in [0.15, 0.2) is 0 Å². The predicted octanol–water partition coefficient (Wildman–Crippen LogP) is 0.647. The maximum absolute atomic E-state index is 11.1. The van der Waals surface area contributed by atoms with Crippen molar-refractivity contribution in [3.63, 3.8) is 0 Å². The van der Waals surface area contributed by atoms with Crippen LogP contribution < -0.4 is 4.74 Å². The first-order valence-corrected chi connectivity index (χ1v) is 5.29. The van der Waals surface area contributed by atoms with Crippen molar-refractivity contribution >= 4 is 11.8 Å². The molecule has 17 heavy (non-hydrogen) atoms. The lowest BCUT2D eigenvalue weighted by Gasteiger charge is -2.35. The molecule has 0 atom stereocenters. The van der Waals surface area contributed by atoms with E-state index >= 15 is 0 Å². The van der Waals surface area contributed by atoms with Crippen molar-refractivity contribution in [3.05, 3.63) is 29.8 Å². The number of hydrogen-bond donors (Lipinski definition) is 1. The summed E-state index contributed by atoms with van der Waals surface area (Å²) in [7, 11) is 2.01. The zero-order valence-corrected chi connectivity index (χ0v) is 9.42. The fourth-order valence-electron chi connectivity index (χ4n) is 1.72. The molecule has 0 aliphatic carbocycles. The number of Topliss-reactive ketones (excluding diaryl/α,β-unsaturated/α-hetero) is 1. The Hall–Kier alpha value is -1.88. The van der Waals surface area contributed by atoms with Gasteiger partial charge in [-0.1, -0.05) is 0 Å². The molecule has 90 valence electrons. The molecule has 0 spiro atoms. The van der Waals surface area contributed by atoms with Crippen molar-refractivity contribution in [1.82, 2.24) is 4.90 Å². The van der Waals surface area contributed by atoms with E-state index in [2.05, 4.69) is 4.90 Å². The number of benzene rings is 1. The maximum atomic E-state index is 11.1. The number of likely N-dealkylation sites (N-methyl/N-ethyl adjacent to an activating group) is 1. The summed E-state index contributed by atoms with van der Waals surface area (Å²) >= 11 is 0. The highest BCUT2D eigenvalue weighted by atomic mass is 16.5. The molecule has 5 heteroatoms. The molecule has 1 aliphatic heterocycles. The van der Waals surface area contributed by atoms with Gasteiger partial charge in [0, 0.05) is 18.7 Å². The van der Waals surface area contributed by atoms with Crippen LogP contribution in [0, 0.1) is 0 Å². The van der Waals surface area contributed by atoms with E-state index in [1.165, 1.54) is 12.1 Å². The van der Waals surface area contributed by atoms with E-state index < -0.39 is 11.8 Å². The van der Waals surface area contributed by atoms with Crippen LogP contribution in [0.1, 0.15) is 10.4 Å². The van der Waals surface area contributed by atoms with Gasteiger partial charge in [0.2, 0.25) is 0 Å². The van der Waals surface area contributed by atoms with Crippen LogP contribution in [0.3, 0.4) is 0 Å². The van der Waals surface area contributed by atoms with Gasteiger partial charge in [-0.15, -0.1) is 0 Å². The first-order valence-electron chi connectivity index (χ1n) is 5.29. The summed E-state index contributed by atoms with van der Waals surface area (Å²) in [4.78, 5) is 23.7. The zero-order valence-electron chi connectivity index (χ0n) is 9.42. The number of carboxylic acid groups (broad SMARTS) is 1. The predicted molar refractivity (Wildman–Crippen MR) is 60.3 cm³/mol. The van der Waals surface area contributed by atoms with Gasteiger partial charge in [-0.2, -0.15) is 0 Å². The SMILES string of the molecule is CN1CC(Oc2ccc(C(=O)C(=O)O)cc2)C1. The van der Waals surface area contributed by atoms with Crippen molar-refractivity contribution in [2.45, 2.75) is 6.10 Å². The van der Waals surface area contributed by atoms with Crippen molar-refractivity contribution in [2.75, 3.05) is 20.1 Å². The topological polar surface area (TPSA) is 66.8 Å². The van der Waals surface area contributed by atoms with Crippen LogP contribution in [-0.4, -0.2) is 48.0 Å². The van der Waals surface area contributed by atoms with Crippen molar-refractivity contribution in [3.8, 4) is 5.75 Å². The fraction of sp³-hybridized carbons (Fsp3) is 0.333. The highest BCUT2D eigenvalue weighted by molar-refractivity contribution is 6.39. The van der Waals surface area contributed by atoms with Gasteiger partial charge in [0.1, 0.15) is 11.9 Å². The first kappa shape index (κ1) is 11.6. The Balaban J connectivity index is 1.98. The van der Waals surface area contributed by atoms with Crippen molar-refractivity contribution < 1.29 is 19.4 Å². The smallest absolute Gasteiger partial charge is 0.377 e. The van der Waals surface area contributed by atoms with Crippen LogP contribution in [0.25, 0.3) is 0 Å². The largest absolute Gasteiger partial charge is 0.488 e. The van der Waals surface area contributed by atoms with Crippen LogP contribution in [0.15, 0.2) is 24.3 Å². The van der Waals surface area contributed by atoms with E-state index in [1.54, 1.807) is 12.1 Å². The zero-order chi connectivity index (χ0) is 12.4. The van der Waals surface area contributed by atoms with Crippen LogP contribution in [-0.2, 0) is 4.79 Å². The van der Waals surface area contributed by atoms with Crippen LogP contribution in [0.5, 0.6) is 5.75 Å². The van der Waals surface area contributed by atoms with Crippen molar-refractivity contribution in [2.24, 2.45) is 0 Å². The van der Waals surface area contributed by atoms with E-state index in [0.29, 0.717) is 5.75 Å². The maximum Gasteiger partial charge on any atom is 0.377 e. The minimum absolute atomic E-state index is 0.163. The molecule has 5 nitrogen and oxygen atoms in total. The van der Waals surface area contributed by atoms with Crippen LogP contribution in [0.2, 0.25) is 0 Å². The summed E-state index contributed by atoms with van der Waals surface area (Å²) in [6, 6.07) is 6.17. The van der Waals surface area contributed by atoms with Gasteiger partial charge in [-0.05, 0) is 31.3 Å². The van der Waals surface area contributed by atoms with E-state index in [9.17, 15) is 9.59 Å². The molecule has 1 aliphatic rings. The first-order chi connectivity index (χ1) is 8.06. The third-order valence-corrected chi connectivity index (χ3v) is 2.64. The lowest BCUT2D eigenvalue weighted by Crippen LogP contribution is -2.51. The number of nitrogens with zero attached hydrogens (tertiary/aromatic N) is 1. The molecule has 1 N–H and O–H groups in total. The summed E-state index contributed by atoms with van der Waals surface area (Å²) in [5.41, 5.74) is 0.163. The van der Waals surface area contributed by atoms with Gasteiger partial charge in [-0.3, -0.25) is 9.69 Å². The fourth-order valence-corrected chi connectivity index (χ4v) is 1.72. The number of likely N-dealkylation sites (tertiary alicyclic amines) is 1. The average Bonchev–Trinajstić information content (AvgIpc) is 2.27. The number of carbonyl (C=O) groups is 2. The molecule has 1 aromatic carbocycles. The minimum Gasteiger partial charge on any atom is -0.488 e. The summed E-state index contributed by atoms with van der Waals surface area (Å²) in [5, 5.41) is 8.54. The number of aliphatic carboxylic acids is 1. The second kappa shape index (κ2) is 4.55. The summed E-state index contributed by atoms with van der Waals surface area (Å²) in [6.45, 7) is 1.77. The Kier molecular flexibility index (Phi) is 3.10. The molecule has 0 unspecified atom stereocenters. The van der Waals surface area contributed by atoms with Gasteiger partial charge < -0.3 is 9.84 Å².